The molecule has 1 unspecified atom stereocenters. The zero-order chi connectivity index (χ0) is 56.8. The number of nitrogens with one attached hydrogen (secondary N) is 3. The number of aliphatic carboxylic acids is 4. The fourth-order valence-electron chi connectivity index (χ4n) is 8.21. The average Bonchev–Trinajstić information content (AvgIpc) is 3.37. The Hall–Kier alpha value is -5.58. The number of nitrogens with zero attached hydrogens (tertiary/aromatic N) is 2. The highest BCUT2D eigenvalue weighted by Gasteiger charge is 2.38. The van der Waals surface area contributed by atoms with Gasteiger partial charge in [-0.25, -0.2) is 9.59 Å². The summed E-state index contributed by atoms with van der Waals surface area (Å²) in [5.41, 5.74) is 1.52. The summed E-state index contributed by atoms with van der Waals surface area (Å²) < 4.78 is 5.30. The van der Waals surface area contributed by atoms with Gasteiger partial charge in [0.15, 0.2) is 18.4 Å². The Morgan fingerprint density at radius 2 is 1.21 bits per heavy atom. The molecule has 2 aromatic rings. The van der Waals surface area contributed by atoms with E-state index in [1.54, 1.807) is 48.7 Å². The number of carboxylic acid groups (broad SMARTS) is 4. The second-order valence-corrected chi connectivity index (χ2v) is 23.2. The molecule has 8 N–H and O–H groups in total. The summed E-state index contributed by atoms with van der Waals surface area (Å²) in [7, 11) is 3.88. The molecule has 422 valence electrons. The molecule has 24 heteroatoms. The second kappa shape index (κ2) is 35.7. The van der Waals surface area contributed by atoms with Crippen molar-refractivity contribution in [2.45, 2.75) is 139 Å². The number of ketones is 2. The van der Waals surface area contributed by atoms with Gasteiger partial charge in [0.05, 0.1) is 12.5 Å². The Kier molecular flexibility index (Phi) is 31.2. The summed E-state index contributed by atoms with van der Waals surface area (Å²) in [4.78, 5) is 140. The number of benzene rings is 2. The highest BCUT2D eigenvalue weighted by molar-refractivity contribution is 8.09. The van der Waals surface area contributed by atoms with Crippen LogP contribution in [-0.2, 0) is 77.1 Å². The normalized spacial score (nSPS) is 14.3. The molecular formula is C52H76N5O16PS2. The molecule has 21 nitrogen and oxygen atoms in total. The first-order valence-corrected chi connectivity index (χ1v) is 29.5. The number of hydrogen-bond donors (Lipinski definition) is 8. The molecule has 0 aliphatic heterocycles. The Morgan fingerprint density at radius 3 is 1.75 bits per heavy atom. The molecule has 0 saturated heterocycles. The van der Waals surface area contributed by atoms with Crippen molar-refractivity contribution in [3.8, 4) is 0 Å². The van der Waals surface area contributed by atoms with E-state index >= 15 is 0 Å². The summed E-state index contributed by atoms with van der Waals surface area (Å²) in [5.74, 6) is -9.15. The van der Waals surface area contributed by atoms with Crippen LogP contribution in [0.3, 0.4) is 0 Å². The van der Waals surface area contributed by atoms with E-state index in [1.807, 2.05) is 18.2 Å². The van der Waals surface area contributed by atoms with E-state index in [-0.39, 0.29) is 94.4 Å². The van der Waals surface area contributed by atoms with Crippen LogP contribution < -0.4 is 16.0 Å². The Labute approximate surface area is 453 Å². The molecule has 0 radical (unpaired) electrons. The first kappa shape index (κ1) is 66.5. The van der Waals surface area contributed by atoms with Crippen molar-refractivity contribution in [1.82, 2.24) is 25.8 Å². The predicted molar refractivity (Wildman–Crippen MR) is 289 cm³/mol. The van der Waals surface area contributed by atoms with Crippen LogP contribution in [0, 0.1) is 5.92 Å². The molecule has 0 spiro atoms. The summed E-state index contributed by atoms with van der Waals surface area (Å²) >= 11 is 6.23. The summed E-state index contributed by atoms with van der Waals surface area (Å²) in [5, 5.41) is 46.2. The molecular weight excluding hydrogens is 1050 g/mol. The van der Waals surface area contributed by atoms with E-state index in [0.29, 0.717) is 19.3 Å². The molecule has 2 rings (SSSR count). The standard InChI is InChI=1S/C52H76N5O16PS2/c1-53-40(49(66)56(2)41(32-47(63)64)50(67)57(3)42(34-76-4)51(68)69)33-54-48(65)37(29-35-19-11-9-12-20-35)31-43(59)39(30-36-21-13-10-14-22-36)55-45(60)24-16-8-6-5-7-15-23-38(58)26-27-44(52(70)71)73-74(72,75)28-18-17-25-46(61)62/h9-14,19-22,37,39-42,44,53H,5-8,15-18,23-34H2,1-4H3,(H,54,65)(H,55,60)(H,61,62)(H,63,64)(H,68,69)(H,70,71)(H,72,75)/t37-,39+,40+,41+,42+,44-,74?/m1/s1. The zero-order valence-electron chi connectivity index (χ0n) is 43.8. The van der Waals surface area contributed by atoms with Gasteiger partial charge in [-0.05, 0) is 81.2 Å². The fourth-order valence-corrected chi connectivity index (χ4v) is 10.9. The second-order valence-electron chi connectivity index (χ2n) is 18.6. The summed E-state index contributed by atoms with van der Waals surface area (Å²) in [6.45, 7) is -3.81. The van der Waals surface area contributed by atoms with E-state index in [9.17, 15) is 68.2 Å². The van der Waals surface area contributed by atoms with Crippen LogP contribution >= 0.6 is 18.3 Å². The van der Waals surface area contributed by atoms with Crippen molar-refractivity contribution >= 4 is 89.1 Å². The molecule has 0 saturated carbocycles. The van der Waals surface area contributed by atoms with Crippen molar-refractivity contribution in [3.63, 3.8) is 0 Å². The molecule has 4 amide bonds. The fraction of sp³-hybridized carbons (Fsp3) is 0.577. The number of rotatable bonds is 41. The lowest BCUT2D eigenvalue weighted by atomic mass is 9.89. The van der Waals surface area contributed by atoms with Crippen LogP contribution in [0.15, 0.2) is 60.7 Å². The molecule has 0 bridgehead atoms. The van der Waals surface area contributed by atoms with Gasteiger partial charge in [-0.3, -0.25) is 38.4 Å². The first-order chi connectivity index (χ1) is 36.0. The smallest absolute Gasteiger partial charge is 0.333 e. The first-order valence-electron chi connectivity index (χ1n) is 25.3. The number of carboxylic acids is 4. The Morgan fingerprint density at radius 1 is 0.658 bits per heavy atom. The molecule has 0 aliphatic carbocycles. The number of thioether (sulfide) groups is 1. The van der Waals surface area contributed by atoms with Gasteiger partial charge in [0.25, 0.3) is 0 Å². The van der Waals surface area contributed by atoms with Gasteiger partial charge in [0.2, 0.25) is 23.6 Å². The van der Waals surface area contributed by atoms with Crippen molar-refractivity contribution in [3.05, 3.63) is 71.8 Å². The van der Waals surface area contributed by atoms with Gasteiger partial charge in [0.1, 0.15) is 23.9 Å². The van der Waals surface area contributed by atoms with Gasteiger partial charge in [-0.1, -0.05) is 86.3 Å². The molecule has 0 heterocycles. The third-order valence-electron chi connectivity index (χ3n) is 12.6. The van der Waals surface area contributed by atoms with E-state index < -0.39 is 96.5 Å². The zero-order valence-corrected chi connectivity index (χ0v) is 46.3. The number of likely N-dealkylation sites (N-methyl/N-ethyl adjacent to an activating group) is 3. The van der Waals surface area contributed by atoms with Crippen molar-refractivity contribution in [2.24, 2.45) is 5.92 Å². The molecule has 7 atom stereocenters. The summed E-state index contributed by atoms with van der Waals surface area (Å²) in [6, 6.07) is 13.0. The van der Waals surface area contributed by atoms with Crippen LogP contribution in [0.25, 0.3) is 0 Å². The average molecular weight is 1120 g/mol. The number of Topliss-reactive ketones (excluding diaryl/α,β-unsaturated/α-hetero) is 2. The van der Waals surface area contributed by atoms with Crippen LogP contribution in [0.2, 0.25) is 0 Å². The van der Waals surface area contributed by atoms with Gasteiger partial charge in [-0.2, -0.15) is 11.8 Å². The van der Waals surface area contributed by atoms with Crippen molar-refractivity contribution < 1.29 is 77.8 Å². The number of carbonyl (C=O) groups excluding carboxylic acids is 6. The number of unbranched alkanes of at least 4 members (excludes halogenated alkanes) is 6. The SMILES string of the molecule is CN[C@@H](CNC(=O)[C@@H](CC(=O)[C@H](Cc1ccccc1)NC(=O)CCCCCCCCC(=O)CC[C@@H](OP(O)(=S)CCCCC(=O)O)C(=O)O)Cc1ccccc1)C(=O)N(C)[C@@H](CC(=O)O)C(=O)N(C)[C@@H](CSC)C(=O)O. The molecule has 0 fully saturated rings. The minimum atomic E-state index is -3.48. The quantitative estimate of drug-likeness (QED) is 0.0340. The maximum atomic E-state index is 14.3. The highest BCUT2D eigenvalue weighted by Crippen LogP contribution is 2.45. The Bertz CT molecular complexity index is 2280. The molecule has 0 aliphatic rings. The minimum Gasteiger partial charge on any atom is -0.481 e. The maximum Gasteiger partial charge on any atom is 0.333 e. The highest BCUT2D eigenvalue weighted by atomic mass is 32.5. The lowest BCUT2D eigenvalue weighted by molar-refractivity contribution is -0.154. The van der Waals surface area contributed by atoms with Gasteiger partial charge < -0.3 is 55.6 Å². The molecule has 2 aromatic carbocycles. The lowest BCUT2D eigenvalue weighted by Crippen LogP contribution is -2.58. The molecule has 76 heavy (non-hydrogen) atoms. The number of amides is 4. The maximum absolute atomic E-state index is 14.3. The van der Waals surface area contributed by atoms with Crippen LogP contribution in [0.1, 0.15) is 107 Å². The third-order valence-corrected chi connectivity index (χ3v) is 15.5. The van der Waals surface area contributed by atoms with Crippen LogP contribution in [-0.4, -0.2) is 170 Å². The Balaban J connectivity index is 2.04. The van der Waals surface area contributed by atoms with E-state index in [2.05, 4.69) is 16.0 Å². The topological polar surface area (TPSA) is 324 Å². The van der Waals surface area contributed by atoms with Crippen molar-refractivity contribution in [1.29, 1.82) is 0 Å². The van der Waals surface area contributed by atoms with E-state index in [0.717, 1.165) is 40.2 Å². The van der Waals surface area contributed by atoms with E-state index in [4.69, 9.17) is 21.4 Å². The third kappa shape index (κ3) is 26.0. The lowest BCUT2D eigenvalue weighted by Gasteiger charge is -2.34. The number of hydrogen-bond acceptors (Lipinski definition) is 14. The van der Waals surface area contributed by atoms with Gasteiger partial charge in [0, 0.05) is 70.6 Å². The van der Waals surface area contributed by atoms with Gasteiger partial charge >= 0.3 is 23.9 Å². The monoisotopic (exact) mass is 1120 g/mol. The predicted octanol–water partition coefficient (Wildman–Crippen LogP) is 4.31. The van der Waals surface area contributed by atoms with Crippen LogP contribution in [0.5, 0.6) is 0 Å². The van der Waals surface area contributed by atoms with Crippen molar-refractivity contribution in [2.75, 3.05) is 45.9 Å². The summed E-state index contributed by atoms with van der Waals surface area (Å²) in [6.07, 6.45) is 3.93. The number of carbonyl (C=O) groups is 10. The largest absolute Gasteiger partial charge is 0.481 e. The molecule has 0 aromatic heterocycles. The van der Waals surface area contributed by atoms with E-state index in [1.165, 1.54) is 32.9 Å². The van der Waals surface area contributed by atoms with Gasteiger partial charge in [-0.15, -0.1) is 0 Å². The minimum absolute atomic E-state index is 0.0142. The van der Waals surface area contributed by atoms with Crippen LogP contribution in [0.4, 0.5) is 0 Å².